The Bertz CT molecular complexity index is 914. The zero-order valence-electron chi connectivity index (χ0n) is 15.5. The Labute approximate surface area is 158 Å². The number of hydrogen-bond donors (Lipinski definition) is 3. The average molecular weight is 363 g/mol. The van der Waals surface area contributed by atoms with Crippen LogP contribution in [-0.2, 0) is 11.3 Å². The quantitative estimate of drug-likeness (QED) is 0.715. The summed E-state index contributed by atoms with van der Waals surface area (Å²) >= 11 is 0. The number of benzene rings is 1. The second kappa shape index (κ2) is 7.18. The van der Waals surface area contributed by atoms with Crippen molar-refractivity contribution >= 4 is 30.0 Å². The van der Waals surface area contributed by atoms with Gasteiger partial charge in [0, 0.05) is 23.5 Å². The van der Waals surface area contributed by atoms with E-state index >= 15 is 0 Å². The van der Waals surface area contributed by atoms with Crippen molar-refractivity contribution in [3.63, 3.8) is 0 Å². The van der Waals surface area contributed by atoms with E-state index in [0.29, 0.717) is 12.6 Å². The zero-order valence-corrected chi connectivity index (χ0v) is 15.5. The van der Waals surface area contributed by atoms with Gasteiger partial charge in [0.1, 0.15) is 5.82 Å². The van der Waals surface area contributed by atoms with Crippen LogP contribution in [0.5, 0.6) is 0 Å². The van der Waals surface area contributed by atoms with E-state index in [-0.39, 0.29) is 12.0 Å². The highest BCUT2D eigenvalue weighted by Gasteiger charge is 2.30. The number of rotatable bonds is 4. The van der Waals surface area contributed by atoms with Gasteiger partial charge in [0.05, 0.1) is 18.6 Å². The van der Waals surface area contributed by atoms with Crippen molar-refractivity contribution in [2.24, 2.45) is 5.92 Å². The molecule has 1 aromatic heterocycles. The van der Waals surface area contributed by atoms with E-state index in [4.69, 9.17) is 4.65 Å². The predicted molar refractivity (Wildman–Crippen MR) is 104 cm³/mol. The third kappa shape index (κ3) is 3.48. The molecule has 3 N–H and O–H groups in total. The molecule has 4 rings (SSSR count). The second-order valence-electron chi connectivity index (χ2n) is 7.30. The molecular formula is C19H22BN5O2. The van der Waals surface area contributed by atoms with Gasteiger partial charge in [0.25, 0.3) is 0 Å². The van der Waals surface area contributed by atoms with Gasteiger partial charge in [-0.3, -0.25) is 0 Å². The van der Waals surface area contributed by atoms with Gasteiger partial charge in [-0.2, -0.15) is 10.2 Å². The third-order valence-corrected chi connectivity index (χ3v) is 5.35. The van der Waals surface area contributed by atoms with Crippen LogP contribution >= 0.6 is 0 Å². The van der Waals surface area contributed by atoms with Crippen LogP contribution in [0.1, 0.15) is 36.0 Å². The number of aromatic nitrogens is 2. The van der Waals surface area contributed by atoms with Gasteiger partial charge < -0.3 is 20.3 Å². The lowest BCUT2D eigenvalue weighted by molar-refractivity contribution is 0.275. The maximum atomic E-state index is 9.89. The zero-order chi connectivity index (χ0) is 19.0. The van der Waals surface area contributed by atoms with E-state index in [1.54, 1.807) is 6.20 Å². The van der Waals surface area contributed by atoms with Gasteiger partial charge in [-0.1, -0.05) is 0 Å². The molecule has 0 saturated heterocycles. The Balaban J connectivity index is 1.55. The molecule has 2 aromatic rings. The summed E-state index contributed by atoms with van der Waals surface area (Å²) in [6.45, 7) is 4.30. The lowest BCUT2D eigenvalue weighted by atomic mass is 9.76. The molecule has 0 bridgehead atoms. The first-order chi connectivity index (χ1) is 13.0. The van der Waals surface area contributed by atoms with Gasteiger partial charge in [-0.25, -0.2) is 4.98 Å². The lowest BCUT2D eigenvalue weighted by Crippen LogP contribution is -2.30. The minimum atomic E-state index is -0.847. The summed E-state index contributed by atoms with van der Waals surface area (Å²) in [6.07, 6.45) is 4.76. The molecule has 1 unspecified atom stereocenters. The maximum absolute atomic E-state index is 9.89. The molecule has 2 heterocycles. The van der Waals surface area contributed by atoms with Crippen molar-refractivity contribution in [1.82, 2.24) is 9.97 Å². The molecule has 27 heavy (non-hydrogen) atoms. The fraction of sp³-hybridized carbons (Fsp3) is 0.421. The highest BCUT2D eigenvalue weighted by atomic mass is 16.5. The Morgan fingerprint density at radius 2 is 2.15 bits per heavy atom. The summed E-state index contributed by atoms with van der Waals surface area (Å²) in [7, 11) is -0.847. The first-order valence-corrected chi connectivity index (χ1v) is 9.25. The molecule has 0 radical (unpaired) electrons. The van der Waals surface area contributed by atoms with Crippen molar-refractivity contribution < 1.29 is 9.68 Å². The largest absolute Gasteiger partial charge is 0.492 e. The van der Waals surface area contributed by atoms with Crippen LogP contribution in [0.25, 0.3) is 0 Å². The Morgan fingerprint density at radius 3 is 2.96 bits per heavy atom. The van der Waals surface area contributed by atoms with Gasteiger partial charge in [0.2, 0.25) is 5.95 Å². The summed E-state index contributed by atoms with van der Waals surface area (Å²) in [4.78, 5) is 8.99. The van der Waals surface area contributed by atoms with Crippen LogP contribution in [0.15, 0.2) is 18.3 Å². The molecule has 2 aliphatic rings. The topological polar surface area (TPSA) is 103 Å². The van der Waals surface area contributed by atoms with E-state index in [9.17, 15) is 10.3 Å². The van der Waals surface area contributed by atoms with Crippen LogP contribution in [0.4, 0.5) is 17.5 Å². The van der Waals surface area contributed by atoms with Crippen molar-refractivity contribution in [3.05, 3.63) is 35.0 Å². The number of nitriles is 1. The monoisotopic (exact) mass is 363 g/mol. The maximum Gasteiger partial charge on any atom is 0.492 e. The number of anilines is 3. The highest BCUT2D eigenvalue weighted by Crippen LogP contribution is 2.29. The van der Waals surface area contributed by atoms with Gasteiger partial charge in [-0.15, -0.1) is 0 Å². The minimum absolute atomic E-state index is 0.0292. The number of nitrogens with one attached hydrogen (secondary N) is 2. The van der Waals surface area contributed by atoms with Crippen LogP contribution in [0, 0.1) is 31.1 Å². The number of aryl methyl sites for hydroxylation is 2. The lowest BCUT2D eigenvalue weighted by Gasteiger charge is -2.18. The van der Waals surface area contributed by atoms with Crippen LogP contribution in [0.2, 0.25) is 0 Å². The molecule has 1 aliphatic carbocycles. The first kappa shape index (κ1) is 17.8. The number of hydrogen-bond acceptors (Lipinski definition) is 7. The predicted octanol–water partition coefficient (Wildman–Crippen LogP) is 2.16. The summed E-state index contributed by atoms with van der Waals surface area (Å²) in [6, 6.07) is 6.43. The molecule has 0 amide bonds. The van der Waals surface area contributed by atoms with Crippen molar-refractivity contribution in [1.29, 1.82) is 5.26 Å². The molecule has 1 saturated carbocycles. The molecule has 2 atom stereocenters. The Hall–Kier alpha value is -2.63. The first-order valence-electron chi connectivity index (χ1n) is 9.25. The highest BCUT2D eigenvalue weighted by molar-refractivity contribution is 6.62. The van der Waals surface area contributed by atoms with Crippen molar-refractivity contribution in [2.45, 2.75) is 45.8 Å². The smallest absolute Gasteiger partial charge is 0.423 e. The average Bonchev–Trinajstić information content (AvgIpc) is 3.24. The van der Waals surface area contributed by atoms with Crippen LogP contribution in [0.3, 0.4) is 0 Å². The molecule has 8 heteroatoms. The minimum Gasteiger partial charge on any atom is -0.423 e. The van der Waals surface area contributed by atoms with E-state index in [1.165, 1.54) is 0 Å². The SMILES string of the molecule is Cc1cnc(Nc2cc(C)c3c(c2)COB3O)nc1NC1CCC[C@@H]1C#N. The molecule has 0 spiro atoms. The fourth-order valence-corrected chi connectivity index (χ4v) is 3.91. The van der Waals surface area contributed by atoms with Crippen molar-refractivity contribution in [3.8, 4) is 6.07 Å². The number of nitrogens with zero attached hydrogens (tertiary/aromatic N) is 3. The normalized spacial score (nSPS) is 21.0. The standard InChI is InChI=1S/C19H22BN5O2/c1-11-6-15(7-14-10-27-20(26)17(11)14)23-19-22-9-12(2)18(25-19)24-16-5-3-4-13(16)8-21/h6-7,9,13,16,26H,3-5,10H2,1-2H3,(H2,22,23,24,25)/t13-,16?/m1/s1. The van der Waals surface area contributed by atoms with E-state index in [2.05, 4.69) is 26.7 Å². The van der Waals surface area contributed by atoms with Gasteiger partial charge in [0.15, 0.2) is 0 Å². The second-order valence-corrected chi connectivity index (χ2v) is 7.30. The fourth-order valence-electron chi connectivity index (χ4n) is 3.91. The molecule has 1 fully saturated rings. The Kier molecular flexibility index (Phi) is 4.73. The van der Waals surface area contributed by atoms with E-state index in [1.807, 2.05) is 26.0 Å². The molecule has 1 aromatic carbocycles. The summed E-state index contributed by atoms with van der Waals surface area (Å²) in [5, 5.41) is 25.9. The molecule has 138 valence electrons. The van der Waals surface area contributed by atoms with Crippen molar-refractivity contribution in [2.75, 3.05) is 10.6 Å². The van der Waals surface area contributed by atoms with Gasteiger partial charge in [-0.05, 0) is 61.8 Å². The van der Waals surface area contributed by atoms with Crippen LogP contribution in [-0.4, -0.2) is 28.2 Å². The van der Waals surface area contributed by atoms with E-state index in [0.717, 1.165) is 52.9 Å². The molecule has 7 nitrogen and oxygen atoms in total. The van der Waals surface area contributed by atoms with Crippen LogP contribution < -0.4 is 16.1 Å². The third-order valence-electron chi connectivity index (χ3n) is 5.35. The van der Waals surface area contributed by atoms with E-state index < -0.39 is 7.12 Å². The summed E-state index contributed by atoms with van der Waals surface area (Å²) < 4.78 is 5.30. The summed E-state index contributed by atoms with van der Waals surface area (Å²) in [5.41, 5.74) is 4.59. The summed E-state index contributed by atoms with van der Waals surface area (Å²) in [5.74, 6) is 1.28. The Morgan fingerprint density at radius 1 is 1.30 bits per heavy atom. The van der Waals surface area contributed by atoms with Gasteiger partial charge >= 0.3 is 7.12 Å². The number of fused-ring (bicyclic) bond motifs is 1. The molecular weight excluding hydrogens is 341 g/mol. The molecule has 1 aliphatic heterocycles.